The van der Waals surface area contributed by atoms with Gasteiger partial charge in [0.1, 0.15) is 11.6 Å². The molecule has 0 fully saturated rings. The summed E-state index contributed by atoms with van der Waals surface area (Å²) < 4.78 is 7.73. The van der Waals surface area contributed by atoms with E-state index in [1.807, 2.05) is 6.07 Å². The van der Waals surface area contributed by atoms with Crippen LogP contribution in [0.3, 0.4) is 0 Å². The zero-order chi connectivity index (χ0) is 19.0. The molecule has 3 aromatic carbocycles. The highest BCUT2D eigenvalue weighted by molar-refractivity contribution is 5.85. The monoisotopic (exact) mass is 358 g/mol. The smallest absolute Gasteiger partial charge is 0.119 e. The van der Waals surface area contributed by atoms with Crippen molar-refractivity contribution in [1.82, 2.24) is 9.55 Å². The van der Waals surface area contributed by atoms with Crippen molar-refractivity contribution < 1.29 is 4.74 Å². The first-order valence-electron chi connectivity index (χ1n) is 9.59. The Morgan fingerprint density at radius 2 is 1.67 bits per heavy atom. The fourth-order valence-electron chi connectivity index (χ4n) is 3.77. The van der Waals surface area contributed by atoms with E-state index in [0.29, 0.717) is 5.92 Å². The molecule has 4 aromatic rings. The first-order valence-corrected chi connectivity index (χ1v) is 9.59. The van der Waals surface area contributed by atoms with E-state index in [1.165, 1.54) is 21.9 Å². The van der Waals surface area contributed by atoms with E-state index in [9.17, 15) is 0 Å². The van der Waals surface area contributed by atoms with E-state index < -0.39 is 0 Å². The Morgan fingerprint density at radius 1 is 0.926 bits per heavy atom. The van der Waals surface area contributed by atoms with Gasteiger partial charge in [-0.2, -0.15) is 0 Å². The molecule has 4 rings (SSSR count). The van der Waals surface area contributed by atoms with E-state index in [4.69, 9.17) is 9.72 Å². The minimum absolute atomic E-state index is 0.225. The Bertz CT molecular complexity index is 1090. The van der Waals surface area contributed by atoms with Gasteiger partial charge in [-0.3, -0.25) is 0 Å². The predicted molar refractivity (Wildman–Crippen MR) is 113 cm³/mol. The molecule has 0 spiro atoms. The third-order valence-electron chi connectivity index (χ3n) is 5.19. The van der Waals surface area contributed by atoms with Crippen LogP contribution in [-0.2, 0) is 6.54 Å². The van der Waals surface area contributed by atoms with Gasteiger partial charge in [-0.1, -0.05) is 57.2 Å². The van der Waals surface area contributed by atoms with Crippen molar-refractivity contribution in [3.8, 4) is 5.75 Å². The lowest BCUT2D eigenvalue weighted by Crippen LogP contribution is -2.11. The summed E-state index contributed by atoms with van der Waals surface area (Å²) in [6, 6.07) is 21.3. The molecule has 1 unspecified atom stereocenters. The van der Waals surface area contributed by atoms with Gasteiger partial charge in [0.2, 0.25) is 0 Å². The fourth-order valence-corrected chi connectivity index (χ4v) is 3.77. The molecule has 0 saturated carbocycles. The van der Waals surface area contributed by atoms with E-state index >= 15 is 0 Å². The van der Waals surface area contributed by atoms with Crippen molar-refractivity contribution in [3.05, 3.63) is 72.1 Å². The minimum atomic E-state index is 0.225. The van der Waals surface area contributed by atoms with E-state index in [0.717, 1.165) is 23.6 Å². The van der Waals surface area contributed by atoms with Crippen LogP contribution in [-0.4, -0.2) is 16.7 Å². The molecule has 3 heteroatoms. The molecule has 3 nitrogen and oxygen atoms in total. The van der Waals surface area contributed by atoms with Gasteiger partial charge in [-0.05, 0) is 46.5 Å². The number of imidazole rings is 1. The SMILES string of the molecule is COc1ccc2cc(C(C)c3nc4ccccc4n3CC(C)C)ccc2c1. The van der Waals surface area contributed by atoms with Crippen molar-refractivity contribution in [3.63, 3.8) is 0 Å². The quantitative estimate of drug-likeness (QED) is 0.437. The topological polar surface area (TPSA) is 27.1 Å². The summed E-state index contributed by atoms with van der Waals surface area (Å²) in [6.07, 6.45) is 0. The first-order chi connectivity index (χ1) is 13.1. The Morgan fingerprint density at radius 3 is 2.44 bits per heavy atom. The summed E-state index contributed by atoms with van der Waals surface area (Å²) in [5, 5.41) is 2.42. The van der Waals surface area contributed by atoms with Crippen LogP contribution in [0.4, 0.5) is 0 Å². The Hall–Kier alpha value is -2.81. The van der Waals surface area contributed by atoms with Crippen molar-refractivity contribution in [2.75, 3.05) is 7.11 Å². The van der Waals surface area contributed by atoms with E-state index in [2.05, 4.69) is 79.9 Å². The van der Waals surface area contributed by atoms with Crippen LogP contribution in [0.5, 0.6) is 5.75 Å². The van der Waals surface area contributed by atoms with E-state index in [-0.39, 0.29) is 5.92 Å². The van der Waals surface area contributed by atoms with Gasteiger partial charge < -0.3 is 9.30 Å². The molecule has 0 N–H and O–H groups in total. The summed E-state index contributed by atoms with van der Waals surface area (Å²) in [5.41, 5.74) is 3.58. The highest BCUT2D eigenvalue weighted by Crippen LogP contribution is 2.31. The molecular weight excluding hydrogens is 332 g/mol. The molecule has 0 aliphatic heterocycles. The second-order valence-corrected chi connectivity index (χ2v) is 7.66. The van der Waals surface area contributed by atoms with Gasteiger partial charge in [-0.15, -0.1) is 0 Å². The molecule has 1 heterocycles. The number of benzene rings is 3. The van der Waals surface area contributed by atoms with Crippen LogP contribution >= 0.6 is 0 Å². The number of rotatable bonds is 5. The molecular formula is C24H26N2O. The lowest BCUT2D eigenvalue weighted by Gasteiger charge is -2.17. The number of para-hydroxylation sites is 2. The van der Waals surface area contributed by atoms with Crippen molar-refractivity contribution in [2.45, 2.75) is 33.2 Å². The molecule has 0 aliphatic carbocycles. The maximum atomic E-state index is 5.34. The molecule has 0 aliphatic rings. The zero-order valence-electron chi connectivity index (χ0n) is 16.4. The van der Waals surface area contributed by atoms with Crippen LogP contribution < -0.4 is 4.74 Å². The largest absolute Gasteiger partial charge is 0.497 e. The van der Waals surface area contributed by atoms with Crippen LogP contribution in [0.2, 0.25) is 0 Å². The van der Waals surface area contributed by atoms with Crippen LogP contribution in [0.1, 0.15) is 38.1 Å². The number of nitrogens with zero attached hydrogens (tertiary/aromatic N) is 2. The number of methoxy groups -OCH3 is 1. The standard InChI is InChI=1S/C24H26N2O/c1-16(2)15-26-23-8-6-5-7-22(23)25-24(26)17(3)18-9-10-20-14-21(27-4)12-11-19(20)13-18/h5-14,16-17H,15H2,1-4H3. The van der Waals surface area contributed by atoms with Gasteiger partial charge in [-0.25, -0.2) is 4.98 Å². The summed E-state index contributed by atoms with van der Waals surface area (Å²) >= 11 is 0. The van der Waals surface area contributed by atoms with Crippen molar-refractivity contribution in [1.29, 1.82) is 0 Å². The fraction of sp³-hybridized carbons (Fsp3) is 0.292. The zero-order valence-corrected chi connectivity index (χ0v) is 16.4. The van der Waals surface area contributed by atoms with Gasteiger partial charge in [0.05, 0.1) is 18.1 Å². The number of aromatic nitrogens is 2. The third-order valence-corrected chi connectivity index (χ3v) is 5.19. The van der Waals surface area contributed by atoms with Gasteiger partial charge >= 0.3 is 0 Å². The second-order valence-electron chi connectivity index (χ2n) is 7.66. The number of hydrogen-bond acceptors (Lipinski definition) is 2. The molecule has 0 radical (unpaired) electrons. The van der Waals surface area contributed by atoms with Crippen LogP contribution in [0, 0.1) is 5.92 Å². The summed E-state index contributed by atoms with van der Waals surface area (Å²) in [5.74, 6) is 2.82. The van der Waals surface area contributed by atoms with E-state index in [1.54, 1.807) is 7.11 Å². The average molecular weight is 358 g/mol. The lowest BCUT2D eigenvalue weighted by molar-refractivity contribution is 0.415. The van der Waals surface area contributed by atoms with Gasteiger partial charge in [0.15, 0.2) is 0 Å². The molecule has 0 saturated heterocycles. The predicted octanol–water partition coefficient (Wildman–Crippen LogP) is 6.01. The van der Waals surface area contributed by atoms with Gasteiger partial charge in [0.25, 0.3) is 0 Å². The molecule has 27 heavy (non-hydrogen) atoms. The van der Waals surface area contributed by atoms with Gasteiger partial charge in [0, 0.05) is 12.5 Å². The minimum Gasteiger partial charge on any atom is -0.497 e. The maximum Gasteiger partial charge on any atom is 0.119 e. The summed E-state index contributed by atoms with van der Waals surface area (Å²) in [4.78, 5) is 4.99. The Labute approximate surface area is 160 Å². The lowest BCUT2D eigenvalue weighted by atomic mass is 9.97. The molecule has 1 aromatic heterocycles. The highest BCUT2D eigenvalue weighted by Gasteiger charge is 2.19. The van der Waals surface area contributed by atoms with Crippen LogP contribution in [0.25, 0.3) is 21.8 Å². The molecule has 138 valence electrons. The average Bonchev–Trinajstić information content (AvgIpc) is 3.04. The Kier molecular flexibility index (Phi) is 4.61. The number of ether oxygens (including phenoxy) is 1. The highest BCUT2D eigenvalue weighted by atomic mass is 16.5. The first kappa shape index (κ1) is 17.6. The second kappa shape index (κ2) is 7.07. The number of hydrogen-bond donors (Lipinski definition) is 0. The normalized spacial score (nSPS) is 12.8. The summed E-state index contributed by atoms with van der Waals surface area (Å²) in [6.45, 7) is 7.74. The molecule has 1 atom stereocenters. The van der Waals surface area contributed by atoms with Crippen LogP contribution in [0.15, 0.2) is 60.7 Å². The molecule has 0 amide bonds. The Balaban J connectivity index is 1.80. The number of fused-ring (bicyclic) bond motifs is 2. The third kappa shape index (κ3) is 3.30. The van der Waals surface area contributed by atoms with Crippen molar-refractivity contribution >= 4 is 21.8 Å². The maximum absolute atomic E-state index is 5.34. The van der Waals surface area contributed by atoms with Crippen molar-refractivity contribution in [2.24, 2.45) is 5.92 Å². The molecule has 0 bridgehead atoms. The summed E-state index contributed by atoms with van der Waals surface area (Å²) in [7, 11) is 1.71.